The van der Waals surface area contributed by atoms with Crippen molar-refractivity contribution in [1.82, 2.24) is 9.97 Å². The molecule has 2 aromatic heterocycles. The number of aryl methyl sites for hydroxylation is 2. The Bertz CT molecular complexity index is 1210. The fourth-order valence-electron chi connectivity index (χ4n) is 2.93. The van der Waals surface area contributed by atoms with Gasteiger partial charge in [0.05, 0.1) is 5.69 Å². The molecule has 0 fully saturated rings. The molecule has 0 saturated heterocycles. The molecule has 1 amide bonds. The van der Waals surface area contributed by atoms with Crippen molar-refractivity contribution >= 4 is 33.8 Å². The number of benzene rings is 2. The van der Waals surface area contributed by atoms with Gasteiger partial charge >= 0.3 is 0 Å². The largest absolute Gasteiger partial charge is 0.331 e. The van der Waals surface area contributed by atoms with E-state index in [1.807, 2.05) is 30.5 Å². The van der Waals surface area contributed by atoms with Gasteiger partial charge in [0.2, 0.25) is 0 Å². The number of pyridine rings is 1. The highest BCUT2D eigenvalue weighted by molar-refractivity contribution is 7.14. The van der Waals surface area contributed by atoms with Gasteiger partial charge in [0.15, 0.2) is 5.13 Å². The maximum atomic E-state index is 13.4. The van der Waals surface area contributed by atoms with Crippen molar-refractivity contribution in [3.8, 4) is 11.3 Å². The van der Waals surface area contributed by atoms with Gasteiger partial charge in [0, 0.05) is 40.3 Å². The second kappa shape index (κ2) is 8.42. The Balaban J connectivity index is 1.52. The minimum absolute atomic E-state index is 0.263. The highest BCUT2D eigenvalue weighted by Gasteiger charge is 2.11. The number of hydrogen-bond donors (Lipinski definition) is 2. The standard InChI is InChI=1S/C23H19FN4OS/c1-14-3-4-17(22(29)26-18-5-6-19(24)15(2)11-18)12-20(14)27-23-28-21(13-30-23)16-7-9-25-10-8-16/h3-13H,1-2H3,(H,26,29)(H,27,28). The van der Waals surface area contributed by atoms with Gasteiger partial charge in [-0.15, -0.1) is 11.3 Å². The van der Waals surface area contributed by atoms with Crippen LogP contribution in [-0.4, -0.2) is 15.9 Å². The fraction of sp³-hybridized carbons (Fsp3) is 0.0870. The summed E-state index contributed by atoms with van der Waals surface area (Å²) in [6.45, 7) is 3.62. The number of nitrogens with one attached hydrogen (secondary N) is 2. The van der Waals surface area contributed by atoms with Crippen molar-refractivity contribution in [2.75, 3.05) is 10.6 Å². The van der Waals surface area contributed by atoms with Gasteiger partial charge in [-0.25, -0.2) is 9.37 Å². The van der Waals surface area contributed by atoms with Crippen LogP contribution in [0, 0.1) is 19.7 Å². The summed E-state index contributed by atoms with van der Waals surface area (Å²) >= 11 is 1.49. The van der Waals surface area contributed by atoms with Crippen LogP contribution >= 0.6 is 11.3 Å². The summed E-state index contributed by atoms with van der Waals surface area (Å²) in [6, 6.07) is 13.7. The van der Waals surface area contributed by atoms with Gasteiger partial charge in [0.1, 0.15) is 5.82 Å². The Morgan fingerprint density at radius 2 is 1.80 bits per heavy atom. The van der Waals surface area contributed by atoms with Crippen molar-refractivity contribution in [2.45, 2.75) is 13.8 Å². The average molecular weight is 418 g/mol. The van der Waals surface area contributed by atoms with Crippen LogP contribution in [-0.2, 0) is 0 Å². The Labute approximate surface area is 177 Å². The van der Waals surface area contributed by atoms with Crippen molar-refractivity contribution in [3.05, 3.63) is 88.8 Å². The second-order valence-corrected chi connectivity index (χ2v) is 7.70. The van der Waals surface area contributed by atoms with Gasteiger partial charge in [-0.1, -0.05) is 6.07 Å². The molecule has 2 N–H and O–H groups in total. The zero-order valence-corrected chi connectivity index (χ0v) is 17.3. The molecule has 2 aromatic carbocycles. The third kappa shape index (κ3) is 4.36. The van der Waals surface area contributed by atoms with E-state index in [4.69, 9.17) is 0 Å². The lowest BCUT2D eigenvalue weighted by Crippen LogP contribution is -2.12. The fourth-order valence-corrected chi connectivity index (χ4v) is 3.66. The zero-order valence-electron chi connectivity index (χ0n) is 16.4. The number of rotatable bonds is 5. The normalized spacial score (nSPS) is 10.6. The van der Waals surface area contributed by atoms with Gasteiger partial charge < -0.3 is 10.6 Å². The molecule has 0 aliphatic rings. The summed E-state index contributed by atoms with van der Waals surface area (Å²) in [5.74, 6) is -0.565. The van der Waals surface area contributed by atoms with Crippen LogP contribution in [0.25, 0.3) is 11.3 Å². The number of anilines is 3. The van der Waals surface area contributed by atoms with Crippen molar-refractivity contribution in [1.29, 1.82) is 0 Å². The molecular weight excluding hydrogens is 399 g/mol. The van der Waals surface area contributed by atoms with Crippen molar-refractivity contribution in [2.24, 2.45) is 0 Å². The molecule has 0 aliphatic heterocycles. The molecule has 7 heteroatoms. The highest BCUT2D eigenvalue weighted by Crippen LogP contribution is 2.28. The summed E-state index contributed by atoms with van der Waals surface area (Å²) in [7, 11) is 0. The first kappa shape index (κ1) is 19.7. The average Bonchev–Trinajstić information content (AvgIpc) is 3.21. The molecule has 150 valence electrons. The predicted molar refractivity (Wildman–Crippen MR) is 119 cm³/mol. The molecule has 2 heterocycles. The number of aromatic nitrogens is 2. The second-order valence-electron chi connectivity index (χ2n) is 6.85. The van der Waals surface area contributed by atoms with E-state index in [2.05, 4.69) is 20.6 Å². The number of amides is 1. The number of halogens is 1. The predicted octanol–water partition coefficient (Wildman–Crippen LogP) is 5.96. The molecule has 0 spiro atoms. The lowest BCUT2D eigenvalue weighted by molar-refractivity contribution is 0.102. The number of hydrogen-bond acceptors (Lipinski definition) is 5. The van der Waals surface area contributed by atoms with E-state index in [9.17, 15) is 9.18 Å². The molecule has 0 bridgehead atoms. The van der Waals surface area contributed by atoms with Crippen molar-refractivity contribution < 1.29 is 9.18 Å². The monoisotopic (exact) mass is 418 g/mol. The number of nitrogens with zero attached hydrogens (tertiary/aromatic N) is 2. The van der Waals surface area contributed by atoms with Gasteiger partial charge in [0.25, 0.3) is 5.91 Å². The van der Waals surface area contributed by atoms with E-state index in [1.54, 1.807) is 43.6 Å². The lowest BCUT2D eigenvalue weighted by atomic mass is 10.1. The molecule has 5 nitrogen and oxygen atoms in total. The first-order valence-electron chi connectivity index (χ1n) is 9.31. The number of carbonyl (C=O) groups is 1. The SMILES string of the molecule is Cc1cc(NC(=O)c2ccc(C)c(Nc3nc(-c4ccncc4)cs3)c2)ccc1F. The maximum absolute atomic E-state index is 13.4. The topological polar surface area (TPSA) is 66.9 Å². The van der Waals surface area contributed by atoms with Gasteiger partial charge in [-0.05, 0) is 67.4 Å². The van der Waals surface area contributed by atoms with E-state index in [-0.39, 0.29) is 11.7 Å². The zero-order chi connectivity index (χ0) is 21.1. The highest BCUT2D eigenvalue weighted by atomic mass is 32.1. The third-order valence-electron chi connectivity index (χ3n) is 4.64. The molecule has 0 atom stereocenters. The van der Waals surface area contributed by atoms with E-state index in [0.717, 1.165) is 27.6 Å². The van der Waals surface area contributed by atoms with Crippen molar-refractivity contribution in [3.63, 3.8) is 0 Å². The van der Waals surface area contributed by atoms with E-state index < -0.39 is 0 Å². The summed E-state index contributed by atoms with van der Waals surface area (Å²) in [5.41, 5.74) is 5.18. The quantitative estimate of drug-likeness (QED) is 0.420. The first-order valence-corrected chi connectivity index (χ1v) is 10.2. The molecule has 4 aromatic rings. The molecule has 0 aliphatic carbocycles. The van der Waals surface area contributed by atoms with E-state index >= 15 is 0 Å². The minimum atomic E-state index is -0.301. The Kier molecular flexibility index (Phi) is 5.54. The Morgan fingerprint density at radius 1 is 1.00 bits per heavy atom. The van der Waals surface area contributed by atoms with Gasteiger partial charge in [-0.2, -0.15) is 0 Å². The molecule has 30 heavy (non-hydrogen) atoms. The molecule has 0 unspecified atom stereocenters. The van der Waals surface area contributed by atoms with Crippen LogP contribution in [0.5, 0.6) is 0 Å². The van der Waals surface area contributed by atoms with Crippen LogP contribution in [0.2, 0.25) is 0 Å². The van der Waals surface area contributed by atoms with Crippen LogP contribution in [0.15, 0.2) is 66.3 Å². The minimum Gasteiger partial charge on any atom is -0.331 e. The van der Waals surface area contributed by atoms with E-state index in [0.29, 0.717) is 16.8 Å². The maximum Gasteiger partial charge on any atom is 0.255 e. The lowest BCUT2D eigenvalue weighted by Gasteiger charge is -2.11. The smallest absolute Gasteiger partial charge is 0.255 e. The number of carbonyl (C=O) groups excluding carboxylic acids is 1. The van der Waals surface area contributed by atoms with Crippen LogP contribution in [0.3, 0.4) is 0 Å². The number of thiazole rings is 1. The summed E-state index contributed by atoms with van der Waals surface area (Å²) in [6.07, 6.45) is 3.47. The van der Waals surface area contributed by atoms with E-state index in [1.165, 1.54) is 17.4 Å². The molecular formula is C23H19FN4OS. The Hall–Kier alpha value is -3.58. The third-order valence-corrected chi connectivity index (χ3v) is 5.40. The van der Waals surface area contributed by atoms with Crippen LogP contribution in [0.1, 0.15) is 21.5 Å². The summed E-state index contributed by atoms with van der Waals surface area (Å²) in [4.78, 5) is 21.3. The molecule has 0 saturated carbocycles. The van der Waals surface area contributed by atoms with Crippen LogP contribution < -0.4 is 10.6 Å². The van der Waals surface area contributed by atoms with Gasteiger partial charge in [-0.3, -0.25) is 9.78 Å². The first-order chi connectivity index (χ1) is 14.5. The Morgan fingerprint density at radius 3 is 2.57 bits per heavy atom. The summed E-state index contributed by atoms with van der Waals surface area (Å²) < 4.78 is 13.4. The van der Waals surface area contributed by atoms with Crippen LogP contribution in [0.4, 0.5) is 20.9 Å². The summed E-state index contributed by atoms with van der Waals surface area (Å²) in [5, 5.41) is 8.82. The molecule has 0 radical (unpaired) electrons. The molecule has 4 rings (SSSR count).